The van der Waals surface area contributed by atoms with Crippen LogP contribution < -0.4 is 0 Å². The maximum atomic E-state index is 13.1. The Labute approximate surface area is 198 Å². The van der Waals surface area contributed by atoms with Crippen molar-refractivity contribution in [2.75, 3.05) is 26.2 Å². The van der Waals surface area contributed by atoms with Gasteiger partial charge < -0.3 is 4.90 Å². The van der Waals surface area contributed by atoms with Crippen LogP contribution in [-0.2, 0) is 21.2 Å². The lowest BCUT2D eigenvalue weighted by Crippen LogP contribution is -2.46. The number of likely N-dealkylation sites (tertiary alicyclic amines) is 1. The van der Waals surface area contributed by atoms with Crippen molar-refractivity contribution in [3.05, 3.63) is 65.7 Å². The fourth-order valence-electron chi connectivity index (χ4n) is 5.08. The first-order chi connectivity index (χ1) is 15.8. The molecule has 4 rings (SSSR count). The lowest BCUT2D eigenvalue weighted by atomic mass is 9.89. The van der Waals surface area contributed by atoms with Crippen molar-refractivity contribution < 1.29 is 13.2 Å². The second-order valence-electron chi connectivity index (χ2n) is 9.86. The second-order valence-corrected chi connectivity index (χ2v) is 11.8. The van der Waals surface area contributed by atoms with Crippen LogP contribution in [0.2, 0.25) is 0 Å². The van der Waals surface area contributed by atoms with Crippen LogP contribution in [0.25, 0.3) is 0 Å². The Kier molecular flexibility index (Phi) is 7.55. The van der Waals surface area contributed by atoms with Crippen LogP contribution >= 0.6 is 0 Å². The van der Waals surface area contributed by atoms with Gasteiger partial charge in [-0.1, -0.05) is 56.3 Å². The summed E-state index contributed by atoms with van der Waals surface area (Å²) in [5.41, 5.74) is 2.50. The lowest BCUT2D eigenvalue weighted by molar-refractivity contribution is -0.138. The summed E-state index contributed by atoms with van der Waals surface area (Å²) < 4.78 is 27.7. The Morgan fingerprint density at radius 1 is 0.879 bits per heavy atom. The van der Waals surface area contributed by atoms with Gasteiger partial charge in [0.2, 0.25) is 15.9 Å². The highest BCUT2D eigenvalue weighted by molar-refractivity contribution is 7.89. The lowest BCUT2D eigenvalue weighted by Gasteiger charge is -2.37. The molecule has 0 aliphatic carbocycles. The van der Waals surface area contributed by atoms with E-state index in [0.717, 1.165) is 37.9 Å². The zero-order chi connectivity index (χ0) is 23.4. The third-order valence-corrected chi connectivity index (χ3v) is 9.19. The van der Waals surface area contributed by atoms with Gasteiger partial charge in [0.15, 0.2) is 0 Å². The van der Waals surface area contributed by atoms with E-state index in [0.29, 0.717) is 42.7 Å². The minimum absolute atomic E-state index is 0.0644. The van der Waals surface area contributed by atoms with E-state index in [9.17, 15) is 13.2 Å². The molecule has 2 aliphatic heterocycles. The summed E-state index contributed by atoms with van der Waals surface area (Å²) in [5, 5.41) is 0. The summed E-state index contributed by atoms with van der Waals surface area (Å²) in [6.45, 7) is 6.65. The normalized spacial score (nSPS) is 19.2. The number of hydrogen-bond acceptors (Lipinski definition) is 3. The zero-order valence-corrected chi connectivity index (χ0v) is 20.6. The van der Waals surface area contributed by atoms with Gasteiger partial charge in [0.1, 0.15) is 0 Å². The second kappa shape index (κ2) is 10.4. The number of carbonyl (C=O) groups excluding carboxylic acids is 1. The summed E-state index contributed by atoms with van der Waals surface area (Å²) in [6.07, 6.45) is 4.37. The van der Waals surface area contributed by atoms with Crippen molar-refractivity contribution in [2.24, 2.45) is 11.8 Å². The largest absolute Gasteiger partial charge is 0.342 e. The molecule has 2 aromatic rings. The van der Waals surface area contributed by atoms with Crippen LogP contribution in [-0.4, -0.2) is 49.7 Å². The highest BCUT2D eigenvalue weighted by Crippen LogP contribution is 2.28. The molecular weight excluding hydrogens is 432 g/mol. The first-order valence-electron chi connectivity index (χ1n) is 12.3. The number of nitrogens with zero attached hydrogens (tertiary/aromatic N) is 2. The quantitative estimate of drug-likeness (QED) is 0.618. The van der Waals surface area contributed by atoms with Gasteiger partial charge >= 0.3 is 0 Å². The molecule has 2 saturated heterocycles. The van der Waals surface area contributed by atoms with Gasteiger partial charge in [-0.25, -0.2) is 8.42 Å². The summed E-state index contributed by atoms with van der Waals surface area (Å²) >= 11 is 0. The molecule has 5 nitrogen and oxygen atoms in total. The maximum Gasteiger partial charge on any atom is 0.243 e. The molecule has 0 atom stereocenters. The minimum Gasteiger partial charge on any atom is -0.342 e. The number of hydrogen-bond donors (Lipinski definition) is 0. The van der Waals surface area contributed by atoms with E-state index in [1.165, 1.54) is 5.56 Å². The molecule has 0 spiro atoms. The van der Waals surface area contributed by atoms with E-state index >= 15 is 0 Å². The minimum atomic E-state index is -3.51. The number of carbonyl (C=O) groups is 1. The molecule has 2 aromatic carbocycles. The summed E-state index contributed by atoms with van der Waals surface area (Å²) in [7, 11) is -3.51. The van der Waals surface area contributed by atoms with Crippen LogP contribution in [0.15, 0.2) is 59.5 Å². The summed E-state index contributed by atoms with van der Waals surface area (Å²) in [6, 6.07) is 17.8. The predicted octanol–water partition coefficient (Wildman–Crippen LogP) is 4.69. The molecule has 0 N–H and O–H groups in total. The Balaban J connectivity index is 1.27. The maximum absolute atomic E-state index is 13.1. The Morgan fingerprint density at radius 2 is 1.48 bits per heavy atom. The van der Waals surface area contributed by atoms with E-state index in [4.69, 9.17) is 0 Å². The number of rotatable bonds is 6. The molecule has 0 unspecified atom stereocenters. The van der Waals surface area contributed by atoms with Crippen molar-refractivity contribution in [2.45, 2.75) is 56.8 Å². The SMILES string of the molecule is CC(C)c1ccc(S(=O)(=O)N2CCC(C(=O)N3CCC(Cc4ccccc4)CC3)CC2)cc1. The predicted molar refractivity (Wildman–Crippen MR) is 131 cm³/mol. The molecule has 33 heavy (non-hydrogen) atoms. The molecule has 0 radical (unpaired) electrons. The Hall–Kier alpha value is -2.18. The van der Waals surface area contributed by atoms with E-state index in [2.05, 4.69) is 38.1 Å². The molecule has 2 aliphatic rings. The van der Waals surface area contributed by atoms with Crippen LogP contribution in [0.1, 0.15) is 56.6 Å². The molecule has 0 bridgehead atoms. The first kappa shape index (κ1) is 24.0. The average Bonchev–Trinajstić information content (AvgIpc) is 2.85. The smallest absolute Gasteiger partial charge is 0.243 e. The highest BCUT2D eigenvalue weighted by Gasteiger charge is 2.34. The zero-order valence-electron chi connectivity index (χ0n) is 19.8. The van der Waals surface area contributed by atoms with Crippen molar-refractivity contribution in [1.29, 1.82) is 0 Å². The van der Waals surface area contributed by atoms with Gasteiger partial charge in [-0.15, -0.1) is 0 Å². The molecule has 0 aromatic heterocycles. The van der Waals surface area contributed by atoms with Gasteiger partial charge in [0.05, 0.1) is 4.90 Å². The molecule has 6 heteroatoms. The van der Waals surface area contributed by atoms with Crippen LogP contribution in [0, 0.1) is 11.8 Å². The van der Waals surface area contributed by atoms with Crippen molar-refractivity contribution in [1.82, 2.24) is 9.21 Å². The Morgan fingerprint density at radius 3 is 2.06 bits per heavy atom. The standard InChI is InChI=1S/C27H36N2O3S/c1-21(2)24-8-10-26(11-9-24)33(31,32)29-18-14-25(15-19-29)27(30)28-16-12-23(13-17-28)20-22-6-4-3-5-7-22/h3-11,21,23,25H,12-20H2,1-2H3. The van der Waals surface area contributed by atoms with E-state index in [1.54, 1.807) is 16.4 Å². The van der Waals surface area contributed by atoms with E-state index in [1.807, 2.05) is 23.1 Å². The van der Waals surface area contributed by atoms with E-state index < -0.39 is 10.0 Å². The van der Waals surface area contributed by atoms with Crippen molar-refractivity contribution in [3.8, 4) is 0 Å². The fourth-order valence-corrected chi connectivity index (χ4v) is 6.55. The summed E-state index contributed by atoms with van der Waals surface area (Å²) in [5.74, 6) is 1.15. The summed E-state index contributed by atoms with van der Waals surface area (Å²) in [4.78, 5) is 15.5. The van der Waals surface area contributed by atoms with Gasteiger partial charge in [-0.2, -0.15) is 4.31 Å². The monoisotopic (exact) mass is 468 g/mol. The number of piperidine rings is 2. The number of amides is 1. The molecule has 2 heterocycles. The Bertz CT molecular complexity index is 1020. The number of sulfonamides is 1. The first-order valence-corrected chi connectivity index (χ1v) is 13.7. The molecular formula is C27H36N2O3S. The molecule has 1 amide bonds. The number of benzene rings is 2. The van der Waals surface area contributed by atoms with Crippen molar-refractivity contribution in [3.63, 3.8) is 0 Å². The third-order valence-electron chi connectivity index (χ3n) is 7.28. The van der Waals surface area contributed by atoms with Crippen LogP contribution in [0.3, 0.4) is 0 Å². The van der Waals surface area contributed by atoms with Gasteiger partial charge in [0.25, 0.3) is 0 Å². The van der Waals surface area contributed by atoms with Crippen LogP contribution in [0.5, 0.6) is 0 Å². The molecule has 178 valence electrons. The van der Waals surface area contributed by atoms with Gasteiger partial charge in [0, 0.05) is 32.1 Å². The highest BCUT2D eigenvalue weighted by atomic mass is 32.2. The molecule has 0 saturated carbocycles. The molecule has 2 fully saturated rings. The van der Waals surface area contributed by atoms with Crippen molar-refractivity contribution >= 4 is 15.9 Å². The third kappa shape index (κ3) is 5.67. The topological polar surface area (TPSA) is 57.7 Å². The average molecular weight is 469 g/mol. The fraction of sp³-hybridized carbons (Fsp3) is 0.519. The van der Waals surface area contributed by atoms with Gasteiger partial charge in [-0.3, -0.25) is 4.79 Å². The van der Waals surface area contributed by atoms with E-state index in [-0.39, 0.29) is 11.8 Å². The van der Waals surface area contributed by atoms with Gasteiger partial charge in [-0.05, 0) is 67.2 Å². The van der Waals surface area contributed by atoms with Crippen LogP contribution in [0.4, 0.5) is 0 Å².